The molecule has 1 atom stereocenters. The first-order valence-corrected chi connectivity index (χ1v) is 12.3. The number of hydrogen-bond acceptors (Lipinski definition) is 4. The summed E-state index contributed by atoms with van der Waals surface area (Å²) in [7, 11) is 1.80. The summed E-state index contributed by atoms with van der Waals surface area (Å²) in [6.45, 7) is 6.63. The van der Waals surface area contributed by atoms with Crippen molar-refractivity contribution >= 4 is 23.6 Å². The van der Waals surface area contributed by atoms with E-state index >= 15 is 0 Å². The first-order chi connectivity index (χ1) is 14.5. The summed E-state index contributed by atoms with van der Waals surface area (Å²) in [5, 5.41) is 6.90. The third-order valence-electron chi connectivity index (χ3n) is 5.85. The van der Waals surface area contributed by atoms with Gasteiger partial charge in [-0.2, -0.15) is 11.8 Å². The Bertz CT molecular complexity index is 713. The number of rotatable bonds is 6. The molecule has 0 radical (unpaired) electrons. The molecule has 6 nitrogen and oxygen atoms in total. The van der Waals surface area contributed by atoms with Crippen molar-refractivity contribution in [1.29, 1.82) is 0 Å². The Morgan fingerprint density at radius 2 is 2.00 bits per heavy atom. The molecule has 1 aromatic rings. The summed E-state index contributed by atoms with van der Waals surface area (Å²) in [6, 6.07) is 8.47. The number of thioether (sulfide) groups is 1. The molecule has 2 aliphatic rings. The van der Waals surface area contributed by atoms with Crippen LogP contribution >= 0.6 is 11.8 Å². The van der Waals surface area contributed by atoms with Gasteiger partial charge in [-0.1, -0.05) is 12.1 Å². The maximum atomic E-state index is 12.7. The van der Waals surface area contributed by atoms with Gasteiger partial charge in [0.15, 0.2) is 5.96 Å². The van der Waals surface area contributed by atoms with Crippen LogP contribution in [-0.2, 0) is 4.79 Å². The molecule has 166 valence electrons. The number of aryl methyl sites for hydroxylation is 1. The standard InChI is InChI=1S/C23H36N4O2S/c1-17-5-4-6-21(15-17)29-18(2)16-25-23(24-3)26-20-9-7-19(8-10-20)22(28)27-11-13-30-14-12-27/h4-6,15,18-20H,7-14,16H2,1-3H3,(H2,24,25,26). The molecule has 3 rings (SSSR count). The maximum Gasteiger partial charge on any atom is 0.225 e. The van der Waals surface area contributed by atoms with Gasteiger partial charge in [-0.3, -0.25) is 9.79 Å². The quantitative estimate of drug-likeness (QED) is 0.534. The van der Waals surface area contributed by atoms with Gasteiger partial charge in [0.2, 0.25) is 5.91 Å². The molecule has 30 heavy (non-hydrogen) atoms. The van der Waals surface area contributed by atoms with Crippen molar-refractivity contribution in [2.45, 2.75) is 51.7 Å². The number of ether oxygens (including phenoxy) is 1. The van der Waals surface area contributed by atoms with Crippen LogP contribution in [0.5, 0.6) is 5.75 Å². The van der Waals surface area contributed by atoms with Crippen molar-refractivity contribution < 1.29 is 9.53 Å². The van der Waals surface area contributed by atoms with E-state index in [2.05, 4.69) is 40.4 Å². The van der Waals surface area contributed by atoms with E-state index in [-0.39, 0.29) is 12.0 Å². The Balaban J connectivity index is 1.38. The first-order valence-electron chi connectivity index (χ1n) is 11.1. The van der Waals surface area contributed by atoms with Gasteiger partial charge >= 0.3 is 0 Å². The number of carbonyl (C=O) groups is 1. The van der Waals surface area contributed by atoms with Crippen LogP contribution in [-0.4, -0.2) is 67.1 Å². The summed E-state index contributed by atoms with van der Waals surface area (Å²) in [5.74, 6) is 4.43. The lowest BCUT2D eigenvalue weighted by Crippen LogP contribution is -2.48. The molecular formula is C23H36N4O2S. The number of guanidine groups is 1. The van der Waals surface area contributed by atoms with Crippen LogP contribution < -0.4 is 15.4 Å². The minimum absolute atomic E-state index is 0.0291. The summed E-state index contributed by atoms with van der Waals surface area (Å²) < 4.78 is 5.99. The highest BCUT2D eigenvalue weighted by Gasteiger charge is 2.30. The number of carbonyl (C=O) groups excluding carboxylic acids is 1. The number of benzene rings is 1. The monoisotopic (exact) mass is 432 g/mol. The predicted octanol–water partition coefficient (Wildman–Crippen LogP) is 3.06. The first kappa shape index (κ1) is 22.8. The lowest BCUT2D eigenvalue weighted by Gasteiger charge is -2.34. The molecule has 1 aromatic carbocycles. The van der Waals surface area contributed by atoms with Crippen molar-refractivity contribution in [2.24, 2.45) is 10.9 Å². The predicted molar refractivity (Wildman–Crippen MR) is 125 cm³/mol. The highest BCUT2D eigenvalue weighted by atomic mass is 32.2. The molecule has 1 saturated carbocycles. The van der Waals surface area contributed by atoms with Gasteiger partial charge in [0, 0.05) is 43.6 Å². The zero-order chi connectivity index (χ0) is 21.3. The molecule has 1 unspecified atom stereocenters. The minimum atomic E-state index is 0.0291. The van der Waals surface area contributed by atoms with E-state index in [4.69, 9.17) is 4.74 Å². The van der Waals surface area contributed by atoms with Gasteiger partial charge in [-0.15, -0.1) is 0 Å². The summed E-state index contributed by atoms with van der Waals surface area (Å²) in [6.07, 6.45) is 3.97. The van der Waals surface area contributed by atoms with Crippen LogP contribution in [0.25, 0.3) is 0 Å². The Morgan fingerprint density at radius 1 is 1.27 bits per heavy atom. The summed E-state index contributed by atoms with van der Waals surface area (Å²) >= 11 is 1.95. The highest BCUT2D eigenvalue weighted by molar-refractivity contribution is 7.99. The van der Waals surface area contributed by atoms with Crippen molar-refractivity contribution in [3.05, 3.63) is 29.8 Å². The molecule has 0 spiro atoms. The molecule has 2 N–H and O–H groups in total. The average Bonchev–Trinajstić information content (AvgIpc) is 2.77. The number of hydrogen-bond donors (Lipinski definition) is 2. The van der Waals surface area contributed by atoms with E-state index in [0.717, 1.165) is 62.0 Å². The van der Waals surface area contributed by atoms with Gasteiger partial charge in [0.25, 0.3) is 0 Å². The van der Waals surface area contributed by atoms with Crippen LogP contribution in [0.2, 0.25) is 0 Å². The minimum Gasteiger partial charge on any atom is -0.489 e. The van der Waals surface area contributed by atoms with E-state index in [1.54, 1.807) is 7.05 Å². The Hall–Kier alpha value is -1.89. The number of nitrogens with one attached hydrogen (secondary N) is 2. The zero-order valence-corrected chi connectivity index (χ0v) is 19.3. The topological polar surface area (TPSA) is 66.0 Å². The van der Waals surface area contributed by atoms with Crippen LogP contribution in [0.3, 0.4) is 0 Å². The second kappa shape index (κ2) is 11.5. The largest absolute Gasteiger partial charge is 0.489 e. The molecule has 1 aliphatic heterocycles. The lowest BCUT2D eigenvalue weighted by molar-refractivity contribution is -0.136. The number of amides is 1. The fourth-order valence-electron chi connectivity index (χ4n) is 4.12. The van der Waals surface area contributed by atoms with Crippen LogP contribution in [0.15, 0.2) is 29.3 Å². The van der Waals surface area contributed by atoms with Gasteiger partial charge in [-0.25, -0.2) is 0 Å². The summed E-state index contributed by atoms with van der Waals surface area (Å²) in [5.41, 5.74) is 1.19. The smallest absolute Gasteiger partial charge is 0.225 e. The van der Waals surface area contributed by atoms with E-state index in [0.29, 0.717) is 18.5 Å². The SMILES string of the molecule is CN=C(NCC(C)Oc1cccc(C)c1)NC1CCC(C(=O)N2CCSCC2)CC1. The maximum absolute atomic E-state index is 12.7. The molecule has 1 saturated heterocycles. The fourth-order valence-corrected chi connectivity index (χ4v) is 5.02. The number of aliphatic imine (C=N–C) groups is 1. The van der Waals surface area contributed by atoms with Crippen LogP contribution in [0.4, 0.5) is 0 Å². The molecule has 0 aromatic heterocycles. The average molecular weight is 433 g/mol. The van der Waals surface area contributed by atoms with E-state index < -0.39 is 0 Å². The van der Waals surface area contributed by atoms with Gasteiger partial charge < -0.3 is 20.3 Å². The third kappa shape index (κ3) is 6.83. The molecule has 1 heterocycles. The van der Waals surface area contributed by atoms with E-state index in [1.807, 2.05) is 30.0 Å². The molecule has 1 amide bonds. The second-order valence-electron chi connectivity index (χ2n) is 8.33. The van der Waals surface area contributed by atoms with Gasteiger partial charge in [-0.05, 0) is 57.2 Å². The van der Waals surface area contributed by atoms with E-state index in [9.17, 15) is 4.79 Å². The van der Waals surface area contributed by atoms with Gasteiger partial charge in [0.05, 0.1) is 6.54 Å². The van der Waals surface area contributed by atoms with Crippen molar-refractivity contribution in [1.82, 2.24) is 15.5 Å². The zero-order valence-electron chi connectivity index (χ0n) is 18.5. The van der Waals surface area contributed by atoms with Crippen LogP contribution in [0.1, 0.15) is 38.2 Å². The van der Waals surface area contributed by atoms with Gasteiger partial charge in [0.1, 0.15) is 11.9 Å². The third-order valence-corrected chi connectivity index (χ3v) is 6.79. The fraction of sp³-hybridized carbons (Fsp3) is 0.652. The van der Waals surface area contributed by atoms with Crippen LogP contribution in [0, 0.1) is 12.8 Å². The van der Waals surface area contributed by atoms with Crippen molar-refractivity contribution in [3.63, 3.8) is 0 Å². The van der Waals surface area contributed by atoms with Crippen molar-refractivity contribution in [3.8, 4) is 5.75 Å². The molecule has 1 aliphatic carbocycles. The highest BCUT2D eigenvalue weighted by Crippen LogP contribution is 2.27. The molecule has 7 heteroatoms. The van der Waals surface area contributed by atoms with E-state index in [1.165, 1.54) is 5.56 Å². The Kier molecular flexibility index (Phi) is 8.73. The Labute approximate surface area is 185 Å². The molecule has 2 fully saturated rings. The molecular weight excluding hydrogens is 396 g/mol. The second-order valence-corrected chi connectivity index (χ2v) is 9.55. The number of nitrogens with zero attached hydrogens (tertiary/aromatic N) is 2. The lowest BCUT2D eigenvalue weighted by atomic mass is 9.85. The molecule has 0 bridgehead atoms. The summed E-state index contributed by atoms with van der Waals surface area (Å²) in [4.78, 5) is 19.2. The normalized spacial score (nSPS) is 23.6. The Morgan fingerprint density at radius 3 is 2.67 bits per heavy atom. The van der Waals surface area contributed by atoms with Crippen molar-refractivity contribution in [2.75, 3.05) is 38.2 Å².